The van der Waals surface area contributed by atoms with E-state index >= 15 is 0 Å². The predicted octanol–water partition coefficient (Wildman–Crippen LogP) is 2.23. The minimum absolute atomic E-state index is 0.381. The lowest BCUT2D eigenvalue weighted by molar-refractivity contribution is 0.979. The Morgan fingerprint density at radius 1 is 1.40 bits per heavy atom. The number of rotatable bonds is 3. The van der Waals surface area contributed by atoms with E-state index in [0.29, 0.717) is 22.0 Å². The first-order valence-electron chi connectivity index (χ1n) is 4.15. The van der Waals surface area contributed by atoms with Gasteiger partial charge in [-0.05, 0) is 15.9 Å². The fourth-order valence-corrected chi connectivity index (χ4v) is 1.51. The lowest BCUT2D eigenvalue weighted by atomic mass is 10.5. The minimum atomic E-state index is 0.381. The normalized spacial score (nSPS) is 10.3. The van der Waals surface area contributed by atoms with Crippen LogP contribution >= 0.6 is 27.5 Å². The molecule has 0 radical (unpaired) electrons. The Labute approximate surface area is 99.4 Å². The molecule has 0 saturated heterocycles. The van der Waals surface area contributed by atoms with Crippen LogP contribution in [0.3, 0.4) is 0 Å². The van der Waals surface area contributed by atoms with Crippen LogP contribution in [0.4, 0.5) is 5.82 Å². The van der Waals surface area contributed by atoms with Gasteiger partial charge in [-0.3, -0.25) is 0 Å². The van der Waals surface area contributed by atoms with Crippen molar-refractivity contribution in [3.8, 4) is 0 Å². The van der Waals surface area contributed by atoms with Gasteiger partial charge in [0.1, 0.15) is 23.1 Å². The van der Waals surface area contributed by atoms with Gasteiger partial charge in [-0.2, -0.15) is 0 Å². The molecule has 0 unspecified atom stereocenters. The van der Waals surface area contributed by atoms with Crippen LogP contribution in [-0.2, 0) is 6.54 Å². The molecule has 0 atom stereocenters. The van der Waals surface area contributed by atoms with E-state index in [1.807, 2.05) is 0 Å². The molecule has 7 heteroatoms. The van der Waals surface area contributed by atoms with Crippen LogP contribution in [0.25, 0.3) is 0 Å². The third kappa shape index (κ3) is 2.45. The first-order valence-corrected chi connectivity index (χ1v) is 5.32. The van der Waals surface area contributed by atoms with Gasteiger partial charge in [0.15, 0.2) is 0 Å². The maximum Gasteiger partial charge on any atom is 0.148 e. The van der Waals surface area contributed by atoms with Crippen molar-refractivity contribution < 1.29 is 0 Å². The molecular formula is C8H7BrClN5. The minimum Gasteiger partial charge on any atom is -0.362 e. The van der Waals surface area contributed by atoms with E-state index in [1.54, 1.807) is 12.4 Å². The molecule has 0 aliphatic heterocycles. The summed E-state index contributed by atoms with van der Waals surface area (Å²) in [5.41, 5.74) is 0. The number of hydrogen-bond donors (Lipinski definition) is 2. The maximum atomic E-state index is 5.81. The molecule has 2 aromatic heterocycles. The Hall–Kier alpha value is -1.14. The van der Waals surface area contributed by atoms with Crippen LogP contribution in [0.5, 0.6) is 0 Å². The van der Waals surface area contributed by atoms with Crippen molar-refractivity contribution in [1.82, 2.24) is 19.9 Å². The number of hydrogen-bond acceptors (Lipinski definition) is 4. The lowest BCUT2D eigenvalue weighted by Gasteiger charge is -2.05. The van der Waals surface area contributed by atoms with E-state index in [0.717, 1.165) is 5.82 Å². The molecule has 0 aliphatic carbocycles. The first kappa shape index (κ1) is 10.4. The Kier molecular flexibility index (Phi) is 3.17. The summed E-state index contributed by atoms with van der Waals surface area (Å²) in [6.45, 7) is 0.555. The van der Waals surface area contributed by atoms with Crippen molar-refractivity contribution in [1.29, 1.82) is 0 Å². The van der Waals surface area contributed by atoms with Gasteiger partial charge in [-0.25, -0.2) is 15.0 Å². The van der Waals surface area contributed by atoms with Gasteiger partial charge < -0.3 is 10.3 Å². The van der Waals surface area contributed by atoms with Crippen LogP contribution in [0, 0.1) is 0 Å². The smallest absolute Gasteiger partial charge is 0.148 e. The molecule has 0 aromatic carbocycles. The number of nitrogens with zero attached hydrogens (tertiary/aromatic N) is 3. The highest BCUT2D eigenvalue weighted by molar-refractivity contribution is 9.10. The third-order valence-corrected chi connectivity index (χ3v) is 2.99. The highest BCUT2D eigenvalue weighted by Gasteiger charge is 2.06. The molecule has 0 spiro atoms. The van der Waals surface area contributed by atoms with Crippen LogP contribution in [0.1, 0.15) is 5.82 Å². The second-order valence-electron chi connectivity index (χ2n) is 2.72. The van der Waals surface area contributed by atoms with E-state index in [4.69, 9.17) is 11.6 Å². The van der Waals surface area contributed by atoms with E-state index in [2.05, 4.69) is 41.2 Å². The van der Waals surface area contributed by atoms with Crippen molar-refractivity contribution in [3.05, 3.63) is 34.2 Å². The number of H-pyrrole nitrogens is 1. The Balaban J connectivity index is 2.08. The summed E-state index contributed by atoms with van der Waals surface area (Å²) in [5, 5.41) is 3.46. The number of aromatic amines is 1. The first-order chi connectivity index (χ1) is 7.27. The molecule has 0 aliphatic rings. The highest BCUT2D eigenvalue weighted by atomic mass is 79.9. The molecule has 0 fully saturated rings. The van der Waals surface area contributed by atoms with Gasteiger partial charge in [-0.15, -0.1) is 0 Å². The average molecular weight is 289 g/mol. The predicted molar refractivity (Wildman–Crippen MR) is 60.7 cm³/mol. The SMILES string of the molecule is Clc1ncnc(NCc2ncc[nH]2)c1Br. The van der Waals surface area contributed by atoms with Crippen LogP contribution < -0.4 is 5.32 Å². The van der Waals surface area contributed by atoms with Gasteiger partial charge >= 0.3 is 0 Å². The average Bonchev–Trinajstić information content (AvgIpc) is 2.73. The molecule has 5 nitrogen and oxygen atoms in total. The van der Waals surface area contributed by atoms with Crippen molar-refractivity contribution in [2.45, 2.75) is 6.54 Å². The summed E-state index contributed by atoms with van der Waals surface area (Å²) in [6.07, 6.45) is 4.86. The summed E-state index contributed by atoms with van der Waals surface area (Å²) in [5.74, 6) is 1.48. The Morgan fingerprint density at radius 2 is 2.27 bits per heavy atom. The molecule has 2 aromatic rings. The monoisotopic (exact) mass is 287 g/mol. The Bertz CT molecular complexity index is 444. The molecule has 2 heterocycles. The second kappa shape index (κ2) is 4.59. The van der Waals surface area contributed by atoms with Gasteiger partial charge in [0.25, 0.3) is 0 Å². The second-order valence-corrected chi connectivity index (χ2v) is 3.87. The highest BCUT2D eigenvalue weighted by Crippen LogP contribution is 2.25. The molecule has 0 bridgehead atoms. The van der Waals surface area contributed by atoms with Crippen molar-refractivity contribution in [3.63, 3.8) is 0 Å². The largest absolute Gasteiger partial charge is 0.362 e. The topological polar surface area (TPSA) is 66.5 Å². The zero-order chi connectivity index (χ0) is 10.7. The maximum absolute atomic E-state index is 5.81. The molecule has 0 saturated carbocycles. The van der Waals surface area contributed by atoms with Gasteiger partial charge in [0.05, 0.1) is 11.0 Å². The number of anilines is 1. The molecule has 15 heavy (non-hydrogen) atoms. The lowest BCUT2D eigenvalue weighted by Crippen LogP contribution is -2.04. The van der Waals surface area contributed by atoms with Crippen molar-refractivity contribution in [2.75, 3.05) is 5.32 Å². The zero-order valence-electron chi connectivity index (χ0n) is 7.54. The van der Waals surface area contributed by atoms with Crippen LogP contribution in [-0.4, -0.2) is 19.9 Å². The van der Waals surface area contributed by atoms with Gasteiger partial charge in [0, 0.05) is 12.4 Å². The summed E-state index contributed by atoms with van der Waals surface area (Å²) >= 11 is 9.11. The van der Waals surface area contributed by atoms with E-state index < -0.39 is 0 Å². The zero-order valence-corrected chi connectivity index (χ0v) is 9.88. The van der Waals surface area contributed by atoms with Crippen molar-refractivity contribution in [2.24, 2.45) is 0 Å². The molecular weight excluding hydrogens is 281 g/mol. The third-order valence-electron chi connectivity index (χ3n) is 1.73. The van der Waals surface area contributed by atoms with Gasteiger partial charge in [0.2, 0.25) is 0 Å². The molecule has 0 amide bonds. The number of aromatic nitrogens is 4. The number of imidazole rings is 1. The number of halogens is 2. The summed E-state index contributed by atoms with van der Waals surface area (Å²) in [4.78, 5) is 14.9. The quantitative estimate of drug-likeness (QED) is 0.850. The van der Waals surface area contributed by atoms with Crippen LogP contribution in [0.15, 0.2) is 23.2 Å². The molecule has 78 valence electrons. The summed E-state index contributed by atoms with van der Waals surface area (Å²) in [6, 6.07) is 0. The summed E-state index contributed by atoms with van der Waals surface area (Å²) < 4.78 is 0.651. The number of nitrogens with one attached hydrogen (secondary N) is 2. The Morgan fingerprint density at radius 3 is 3.00 bits per heavy atom. The summed E-state index contributed by atoms with van der Waals surface area (Å²) in [7, 11) is 0. The fourth-order valence-electron chi connectivity index (χ4n) is 1.03. The van der Waals surface area contributed by atoms with E-state index in [1.165, 1.54) is 6.33 Å². The molecule has 2 rings (SSSR count). The van der Waals surface area contributed by atoms with Crippen LogP contribution in [0.2, 0.25) is 5.15 Å². The van der Waals surface area contributed by atoms with E-state index in [9.17, 15) is 0 Å². The molecule has 2 N–H and O–H groups in total. The van der Waals surface area contributed by atoms with Crippen molar-refractivity contribution >= 4 is 33.3 Å². The fraction of sp³-hybridized carbons (Fsp3) is 0.125. The van der Waals surface area contributed by atoms with Gasteiger partial charge in [-0.1, -0.05) is 11.6 Å². The van der Waals surface area contributed by atoms with E-state index in [-0.39, 0.29) is 0 Å². The standard InChI is InChI=1S/C8H7BrClN5/c9-6-7(10)14-4-15-8(6)13-3-5-11-1-2-12-5/h1-2,4H,3H2,(H,11,12)(H,13,14,15).